The number of ether oxygens (including phenoxy) is 1. The summed E-state index contributed by atoms with van der Waals surface area (Å²) < 4.78 is 71.9. The van der Waals surface area contributed by atoms with E-state index in [4.69, 9.17) is 4.74 Å². The number of alkyl halides is 5. The normalized spacial score (nSPS) is 17.8. The molecule has 0 saturated carbocycles. The quantitative estimate of drug-likeness (QED) is 0.465. The van der Waals surface area contributed by atoms with Crippen LogP contribution in [0.3, 0.4) is 0 Å². The highest BCUT2D eigenvalue weighted by Crippen LogP contribution is 2.33. The molecule has 4 heterocycles. The van der Waals surface area contributed by atoms with Crippen LogP contribution in [0.1, 0.15) is 5.56 Å². The van der Waals surface area contributed by atoms with Crippen molar-refractivity contribution in [2.45, 2.75) is 18.2 Å². The molecule has 1 fully saturated rings. The van der Waals surface area contributed by atoms with Gasteiger partial charge in [0, 0.05) is 18.6 Å². The van der Waals surface area contributed by atoms with Crippen LogP contribution < -0.4 is 26.4 Å². The van der Waals surface area contributed by atoms with E-state index in [-0.39, 0.29) is 16.9 Å². The number of aromatic amines is 3. The summed E-state index contributed by atoms with van der Waals surface area (Å²) in [5, 5.41) is 5.77. The van der Waals surface area contributed by atoms with Crippen molar-refractivity contribution >= 4 is 5.69 Å². The van der Waals surface area contributed by atoms with Crippen LogP contribution in [0.15, 0.2) is 39.0 Å². The van der Waals surface area contributed by atoms with E-state index in [1.807, 2.05) is 4.98 Å². The van der Waals surface area contributed by atoms with Gasteiger partial charge in [0.15, 0.2) is 6.10 Å². The maximum absolute atomic E-state index is 14.5. The molecule has 1 saturated heterocycles. The van der Waals surface area contributed by atoms with Gasteiger partial charge in [-0.15, -0.1) is 0 Å². The third-order valence-corrected chi connectivity index (χ3v) is 4.68. The summed E-state index contributed by atoms with van der Waals surface area (Å²) in [6.07, 6.45) is -4.76. The third-order valence-electron chi connectivity index (χ3n) is 4.68. The number of anilines is 1. The van der Waals surface area contributed by atoms with Gasteiger partial charge in [0.05, 0.1) is 29.9 Å². The van der Waals surface area contributed by atoms with Gasteiger partial charge >= 0.3 is 23.8 Å². The van der Waals surface area contributed by atoms with Crippen molar-refractivity contribution in [1.29, 1.82) is 0 Å². The van der Waals surface area contributed by atoms with Crippen molar-refractivity contribution in [1.82, 2.24) is 30.1 Å². The summed E-state index contributed by atoms with van der Waals surface area (Å²) in [5.74, 6) is -3.53. The largest absolute Gasteiger partial charge is 0.452 e. The van der Waals surface area contributed by atoms with Crippen LogP contribution in [-0.4, -0.2) is 55.2 Å². The number of hydrogen-bond acceptors (Lipinski definition) is 8. The van der Waals surface area contributed by atoms with E-state index in [0.717, 1.165) is 17.2 Å². The lowest BCUT2D eigenvalue weighted by molar-refractivity contribution is -0.138. The predicted octanol–water partition coefficient (Wildman–Crippen LogP) is 0.525. The zero-order valence-electron chi connectivity index (χ0n) is 16.1. The first kappa shape index (κ1) is 22.1. The highest BCUT2D eigenvalue weighted by Gasteiger charge is 2.51. The summed E-state index contributed by atoms with van der Waals surface area (Å²) in [4.78, 5) is 47.1. The first-order valence-corrected chi connectivity index (χ1v) is 9.05. The van der Waals surface area contributed by atoms with E-state index in [9.17, 15) is 36.3 Å². The van der Waals surface area contributed by atoms with Gasteiger partial charge in [0.25, 0.3) is 11.1 Å². The van der Waals surface area contributed by atoms with Crippen molar-refractivity contribution in [2.24, 2.45) is 0 Å². The fourth-order valence-corrected chi connectivity index (χ4v) is 3.08. The minimum Gasteiger partial charge on any atom is -0.452 e. The Labute approximate surface area is 178 Å². The van der Waals surface area contributed by atoms with Gasteiger partial charge in [-0.1, -0.05) is 0 Å². The molecule has 174 valence electrons. The third kappa shape index (κ3) is 4.44. The molecule has 3 aromatic heterocycles. The number of halogens is 5. The lowest BCUT2D eigenvalue weighted by atomic mass is 10.2. The molecule has 1 aliphatic rings. The highest BCUT2D eigenvalue weighted by molar-refractivity contribution is 5.62. The van der Waals surface area contributed by atoms with Crippen LogP contribution in [0.5, 0.6) is 6.01 Å². The lowest BCUT2D eigenvalue weighted by Crippen LogP contribution is -2.37. The molecule has 1 unspecified atom stereocenters. The predicted molar refractivity (Wildman–Crippen MR) is 100 cm³/mol. The van der Waals surface area contributed by atoms with E-state index >= 15 is 0 Å². The topological polar surface area (TPSA) is 150 Å². The van der Waals surface area contributed by atoms with Crippen molar-refractivity contribution < 1.29 is 26.7 Å². The van der Waals surface area contributed by atoms with E-state index in [0.29, 0.717) is 12.4 Å². The Morgan fingerprint density at radius 2 is 1.82 bits per heavy atom. The van der Waals surface area contributed by atoms with Crippen molar-refractivity contribution in [3.8, 4) is 17.3 Å². The number of nitrogens with zero attached hydrogens (tertiary/aromatic N) is 4. The Hall–Kier alpha value is -4.11. The van der Waals surface area contributed by atoms with Crippen molar-refractivity contribution in [3.63, 3.8) is 0 Å². The molecule has 0 radical (unpaired) electrons. The molecular weight excluding hydrogens is 461 g/mol. The Morgan fingerprint density at radius 3 is 2.45 bits per heavy atom. The molecule has 11 nitrogen and oxygen atoms in total. The van der Waals surface area contributed by atoms with Gasteiger partial charge < -0.3 is 14.6 Å². The average molecular weight is 473 g/mol. The summed E-state index contributed by atoms with van der Waals surface area (Å²) in [7, 11) is 0. The molecule has 0 bridgehead atoms. The van der Waals surface area contributed by atoms with Crippen LogP contribution in [0.25, 0.3) is 11.3 Å². The van der Waals surface area contributed by atoms with Crippen molar-refractivity contribution in [3.05, 3.63) is 61.4 Å². The van der Waals surface area contributed by atoms with Crippen molar-refractivity contribution in [2.75, 3.05) is 18.0 Å². The smallest absolute Gasteiger partial charge is 0.419 e. The molecule has 33 heavy (non-hydrogen) atoms. The summed E-state index contributed by atoms with van der Waals surface area (Å²) in [5.41, 5.74) is -4.14. The second kappa shape index (κ2) is 7.79. The van der Waals surface area contributed by atoms with Gasteiger partial charge in [0.2, 0.25) is 0 Å². The first-order valence-electron chi connectivity index (χ1n) is 9.05. The maximum atomic E-state index is 14.5. The van der Waals surface area contributed by atoms with Crippen LogP contribution in [0.4, 0.5) is 27.6 Å². The molecule has 3 N–H and O–H groups in total. The minimum atomic E-state index is -4.71. The monoisotopic (exact) mass is 473 g/mol. The molecule has 4 rings (SSSR count). The molecule has 0 aromatic carbocycles. The summed E-state index contributed by atoms with van der Waals surface area (Å²) in [6.45, 7) is -1.53. The SMILES string of the molecule is O=c1[nH]cc(-c2cc(N3CC(Oc4ncc(C(F)(F)F)cn4)C(F)(F)C3)c(=O)[nH]n2)c(=O)[nH]1. The van der Waals surface area contributed by atoms with Crippen LogP contribution in [0.2, 0.25) is 0 Å². The van der Waals surface area contributed by atoms with Crippen LogP contribution >= 0.6 is 0 Å². The van der Waals surface area contributed by atoms with Gasteiger partial charge in [-0.25, -0.2) is 28.6 Å². The zero-order valence-corrected chi connectivity index (χ0v) is 16.1. The molecule has 1 aliphatic heterocycles. The molecular formula is C17H12F5N7O4. The van der Waals surface area contributed by atoms with E-state index in [2.05, 4.69) is 25.1 Å². The van der Waals surface area contributed by atoms with Gasteiger partial charge in [-0.3, -0.25) is 14.6 Å². The summed E-state index contributed by atoms with van der Waals surface area (Å²) >= 11 is 0. The molecule has 1 atom stereocenters. The maximum Gasteiger partial charge on any atom is 0.419 e. The van der Waals surface area contributed by atoms with Gasteiger partial charge in [-0.2, -0.15) is 18.3 Å². The summed E-state index contributed by atoms with van der Waals surface area (Å²) in [6, 6.07) is 0.382. The Bertz CT molecular complexity index is 1350. The van der Waals surface area contributed by atoms with Gasteiger partial charge in [-0.05, 0) is 6.07 Å². The number of rotatable bonds is 4. The second-order valence-corrected chi connectivity index (χ2v) is 6.95. The fraction of sp³-hybridized carbons (Fsp3) is 0.294. The number of hydrogen-bond donors (Lipinski definition) is 3. The average Bonchev–Trinajstić information content (AvgIpc) is 3.02. The Kier molecular flexibility index (Phi) is 5.21. The zero-order chi connectivity index (χ0) is 24.0. The van der Waals surface area contributed by atoms with E-state index < -0.39 is 59.7 Å². The Morgan fingerprint density at radius 1 is 1.12 bits per heavy atom. The van der Waals surface area contributed by atoms with Gasteiger partial charge in [0.1, 0.15) is 5.69 Å². The standard InChI is InChI=1S/C17H12F5N7O4/c18-16(19)6-29(5-11(16)33-15-24-2-7(3-25-15)17(20,21)22)10-1-9(27-28-13(10)31)8-4-23-14(32)26-12(8)30/h1-4,11H,5-6H2,(H,28,31)(H2,23,26,30,32). The van der Waals surface area contributed by atoms with E-state index in [1.165, 1.54) is 0 Å². The van der Waals surface area contributed by atoms with E-state index in [1.54, 1.807) is 0 Å². The second-order valence-electron chi connectivity index (χ2n) is 6.95. The number of nitrogens with one attached hydrogen (secondary N) is 3. The molecule has 3 aromatic rings. The molecule has 16 heteroatoms. The van der Waals surface area contributed by atoms with Crippen LogP contribution in [-0.2, 0) is 6.18 Å². The number of aromatic nitrogens is 6. The molecule has 0 spiro atoms. The van der Waals surface area contributed by atoms with Crippen LogP contribution in [0, 0.1) is 0 Å². The number of H-pyrrole nitrogens is 3. The Balaban J connectivity index is 1.59. The minimum absolute atomic E-state index is 0.110. The molecule has 0 aliphatic carbocycles. The highest BCUT2D eigenvalue weighted by atomic mass is 19.4. The first-order chi connectivity index (χ1) is 15.4. The lowest BCUT2D eigenvalue weighted by Gasteiger charge is -2.17. The molecule has 0 amide bonds. The fourth-order valence-electron chi connectivity index (χ4n) is 3.08.